The van der Waals surface area contributed by atoms with Gasteiger partial charge in [0.1, 0.15) is 11.4 Å². The molecule has 1 N–H and O–H groups in total. The molecule has 0 spiro atoms. The summed E-state index contributed by atoms with van der Waals surface area (Å²) in [6, 6.07) is 4.28. The van der Waals surface area contributed by atoms with E-state index in [0.717, 1.165) is 0 Å². The van der Waals surface area contributed by atoms with Crippen LogP contribution in [0.4, 0.5) is 4.39 Å². The first-order valence-electron chi connectivity index (χ1n) is 6.37. The topological polar surface area (TPSA) is 80.0 Å². The van der Waals surface area contributed by atoms with Crippen LogP contribution in [0.25, 0.3) is 11.0 Å². The molecule has 1 fully saturated rings. The number of benzene rings is 1. The zero-order valence-corrected chi connectivity index (χ0v) is 10.9. The third kappa shape index (κ3) is 2.47. The number of nitrogens with zero attached hydrogens (tertiary/aromatic N) is 1. The van der Waals surface area contributed by atoms with Gasteiger partial charge in [0.2, 0.25) is 0 Å². The Morgan fingerprint density at radius 2 is 2.14 bits per heavy atom. The number of ether oxygens (including phenoxy) is 1. The van der Waals surface area contributed by atoms with Gasteiger partial charge in [0.05, 0.1) is 13.2 Å². The van der Waals surface area contributed by atoms with Crippen LogP contribution in [0.2, 0.25) is 0 Å². The first kappa shape index (κ1) is 13.6. The lowest BCUT2D eigenvalue weighted by molar-refractivity contribution is -0.147. The Balaban J connectivity index is 1.93. The van der Waals surface area contributed by atoms with Crippen molar-refractivity contribution in [2.75, 3.05) is 19.8 Å². The lowest BCUT2D eigenvalue weighted by Crippen LogP contribution is -2.52. The van der Waals surface area contributed by atoms with Crippen molar-refractivity contribution in [3.05, 3.63) is 35.8 Å². The van der Waals surface area contributed by atoms with Crippen LogP contribution in [0.5, 0.6) is 0 Å². The summed E-state index contributed by atoms with van der Waals surface area (Å²) in [5.74, 6) is -2.12. The van der Waals surface area contributed by atoms with Crippen LogP contribution in [0.15, 0.2) is 28.7 Å². The van der Waals surface area contributed by atoms with Crippen molar-refractivity contribution in [3.8, 4) is 0 Å². The smallest absolute Gasteiger partial charge is 0.328 e. The van der Waals surface area contributed by atoms with E-state index in [9.17, 15) is 14.0 Å². The zero-order chi connectivity index (χ0) is 15.0. The van der Waals surface area contributed by atoms with Crippen LogP contribution in [0.1, 0.15) is 10.6 Å². The second kappa shape index (κ2) is 5.17. The number of hydrogen-bond acceptors (Lipinski definition) is 4. The second-order valence-electron chi connectivity index (χ2n) is 4.72. The van der Waals surface area contributed by atoms with Crippen molar-refractivity contribution in [3.63, 3.8) is 0 Å². The van der Waals surface area contributed by atoms with Crippen molar-refractivity contribution in [1.29, 1.82) is 0 Å². The molecule has 2 heterocycles. The number of carboxylic acids is 1. The molecule has 0 aliphatic carbocycles. The standard InChI is InChI=1S/C14H12FNO5/c15-9-1-2-11-8(5-9)6-12(21-11)13(17)16-3-4-20-7-10(16)14(18)19/h1-2,5-6,10H,3-4,7H2,(H,18,19). The summed E-state index contributed by atoms with van der Waals surface area (Å²) < 4.78 is 23.6. The average Bonchev–Trinajstić information content (AvgIpc) is 2.89. The number of hydrogen-bond donors (Lipinski definition) is 1. The highest BCUT2D eigenvalue weighted by Crippen LogP contribution is 2.22. The fraction of sp³-hybridized carbons (Fsp3) is 0.286. The van der Waals surface area contributed by atoms with Gasteiger partial charge in [-0.05, 0) is 24.3 Å². The van der Waals surface area contributed by atoms with Crippen molar-refractivity contribution < 1.29 is 28.2 Å². The van der Waals surface area contributed by atoms with E-state index in [4.69, 9.17) is 14.3 Å². The third-order valence-corrected chi connectivity index (χ3v) is 3.36. The van der Waals surface area contributed by atoms with Gasteiger partial charge in [0.15, 0.2) is 11.8 Å². The highest BCUT2D eigenvalue weighted by atomic mass is 19.1. The monoisotopic (exact) mass is 293 g/mol. The molecule has 1 aliphatic heterocycles. The van der Waals surface area contributed by atoms with E-state index in [1.807, 2.05) is 0 Å². The minimum Gasteiger partial charge on any atom is -0.480 e. The van der Waals surface area contributed by atoms with Gasteiger partial charge < -0.3 is 19.2 Å². The minimum absolute atomic E-state index is 0.0104. The molecule has 1 aromatic heterocycles. The van der Waals surface area contributed by atoms with Crippen molar-refractivity contribution >= 4 is 22.8 Å². The molecule has 0 saturated carbocycles. The number of furan rings is 1. The van der Waals surface area contributed by atoms with Gasteiger partial charge in [0, 0.05) is 11.9 Å². The maximum absolute atomic E-state index is 13.1. The Labute approximate surface area is 118 Å². The fourth-order valence-electron chi connectivity index (χ4n) is 2.31. The highest BCUT2D eigenvalue weighted by Gasteiger charge is 2.34. The minimum atomic E-state index is -1.13. The Morgan fingerprint density at radius 3 is 2.90 bits per heavy atom. The average molecular weight is 293 g/mol. The molecule has 110 valence electrons. The summed E-state index contributed by atoms with van der Waals surface area (Å²) in [7, 11) is 0. The van der Waals surface area contributed by atoms with E-state index >= 15 is 0 Å². The largest absolute Gasteiger partial charge is 0.480 e. The molecule has 1 atom stereocenters. The van der Waals surface area contributed by atoms with E-state index in [1.165, 1.54) is 29.2 Å². The molecule has 1 saturated heterocycles. The van der Waals surface area contributed by atoms with Gasteiger partial charge in [-0.1, -0.05) is 0 Å². The number of carboxylic acid groups (broad SMARTS) is 1. The van der Waals surface area contributed by atoms with Crippen molar-refractivity contribution in [1.82, 2.24) is 4.90 Å². The Morgan fingerprint density at radius 1 is 1.33 bits per heavy atom. The van der Waals surface area contributed by atoms with Crippen LogP contribution < -0.4 is 0 Å². The first-order chi connectivity index (χ1) is 10.1. The SMILES string of the molecule is O=C(O)C1COCCN1C(=O)c1cc2cc(F)ccc2o1. The summed E-state index contributed by atoms with van der Waals surface area (Å²) in [5.41, 5.74) is 0.375. The molecule has 1 aliphatic rings. The molecule has 2 aromatic rings. The van der Waals surface area contributed by atoms with Gasteiger partial charge >= 0.3 is 5.97 Å². The van der Waals surface area contributed by atoms with Gasteiger partial charge in [-0.3, -0.25) is 4.79 Å². The van der Waals surface area contributed by atoms with E-state index in [-0.39, 0.29) is 25.5 Å². The Kier molecular flexibility index (Phi) is 3.34. The van der Waals surface area contributed by atoms with Gasteiger partial charge in [0.25, 0.3) is 5.91 Å². The molecule has 0 radical (unpaired) electrons. The fourth-order valence-corrected chi connectivity index (χ4v) is 2.31. The normalized spacial score (nSPS) is 18.9. The molecule has 0 bridgehead atoms. The van der Waals surface area contributed by atoms with Crippen LogP contribution >= 0.6 is 0 Å². The van der Waals surface area contributed by atoms with Crippen molar-refractivity contribution in [2.24, 2.45) is 0 Å². The van der Waals surface area contributed by atoms with E-state index < -0.39 is 23.7 Å². The summed E-state index contributed by atoms with van der Waals surface area (Å²) in [6.07, 6.45) is 0. The molecule has 1 amide bonds. The molecular weight excluding hydrogens is 281 g/mol. The maximum Gasteiger partial charge on any atom is 0.328 e. The molecule has 1 unspecified atom stereocenters. The van der Waals surface area contributed by atoms with E-state index in [1.54, 1.807) is 0 Å². The third-order valence-electron chi connectivity index (χ3n) is 3.36. The summed E-state index contributed by atoms with van der Waals surface area (Å²) >= 11 is 0. The quantitative estimate of drug-likeness (QED) is 0.907. The van der Waals surface area contributed by atoms with E-state index in [0.29, 0.717) is 11.0 Å². The zero-order valence-electron chi connectivity index (χ0n) is 10.9. The number of carbonyl (C=O) groups excluding carboxylic acids is 1. The predicted molar refractivity (Wildman–Crippen MR) is 69.5 cm³/mol. The van der Waals surface area contributed by atoms with E-state index in [2.05, 4.69) is 0 Å². The number of carbonyl (C=O) groups is 2. The number of fused-ring (bicyclic) bond motifs is 1. The molecular formula is C14H12FNO5. The van der Waals surface area contributed by atoms with Gasteiger partial charge in [-0.2, -0.15) is 0 Å². The van der Waals surface area contributed by atoms with Crippen LogP contribution in [0.3, 0.4) is 0 Å². The number of amides is 1. The number of aliphatic carboxylic acids is 1. The predicted octanol–water partition coefficient (Wildman–Crippen LogP) is 1.50. The van der Waals surface area contributed by atoms with Gasteiger partial charge in [-0.25, -0.2) is 9.18 Å². The van der Waals surface area contributed by atoms with Crippen LogP contribution in [-0.4, -0.2) is 47.7 Å². The Hall–Kier alpha value is -2.41. The summed E-state index contributed by atoms with van der Waals surface area (Å²) in [6.45, 7) is 0.377. The lowest BCUT2D eigenvalue weighted by Gasteiger charge is -2.32. The van der Waals surface area contributed by atoms with Crippen LogP contribution in [-0.2, 0) is 9.53 Å². The lowest BCUT2D eigenvalue weighted by atomic mass is 10.2. The Bertz CT molecular complexity index is 710. The molecule has 1 aromatic carbocycles. The molecule has 7 heteroatoms. The maximum atomic E-state index is 13.1. The first-order valence-corrected chi connectivity index (χ1v) is 6.37. The molecule has 6 nitrogen and oxygen atoms in total. The van der Waals surface area contributed by atoms with Gasteiger partial charge in [-0.15, -0.1) is 0 Å². The molecule has 3 rings (SSSR count). The number of morpholine rings is 1. The molecule has 21 heavy (non-hydrogen) atoms. The van der Waals surface area contributed by atoms with Crippen LogP contribution in [0, 0.1) is 5.82 Å². The summed E-state index contributed by atoms with van der Waals surface area (Å²) in [4.78, 5) is 24.7. The highest BCUT2D eigenvalue weighted by molar-refractivity contribution is 5.98. The number of rotatable bonds is 2. The van der Waals surface area contributed by atoms with Crippen molar-refractivity contribution in [2.45, 2.75) is 6.04 Å². The second-order valence-corrected chi connectivity index (χ2v) is 4.72. The summed E-state index contributed by atoms with van der Waals surface area (Å²) in [5, 5.41) is 9.58. The number of halogens is 1.